The van der Waals surface area contributed by atoms with E-state index >= 15 is 0 Å². The fraction of sp³-hybridized carbons (Fsp3) is 0.0233. The second kappa shape index (κ2) is 9.28. The molecule has 1 aliphatic rings. The lowest BCUT2D eigenvalue weighted by Crippen LogP contribution is -1.92. The van der Waals surface area contributed by atoms with Crippen LogP contribution in [-0.4, -0.2) is 0 Å². The third-order valence-corrected chi connectivity index (χ3v) is 9.42. The van der Waals surface area contributed by atoms with Gasteiger partial charge >= 0.3 is 0 Å². The van der Waals surface area contributed by atoms with E-state index in [9.17, 15) is 0 Å². The smallest absolute Gasteiger partial charge is 0.00110 e. The SMILES string of the molecule is Cc1c2c(c(-c3ccccc3)c3ccccc13)-c1ccc(-c3ccc(-c4ccccc4)c4ccccc34)c3cccc-2c13. The molecule has 0 heteroatoms. The topological polar surface area (TPSA) is 0 Å². The molecule has 0 atom stereocenters. The molecule has 0 spiro atoms. The number of benzene rings is 8. The molecular formula is C43H28. The summed E-state index contributed by atoms with van der Waals surface area (Å²) in [6.45, 7) is 2.30. The van der Waals surface area contributed by atoms with Crippen LogP contribution < -0.4 is 0 Å². The number of fused-ring (bicyclic) bond motifs is 5. The van der Waals surface area contributed by atoms with Gasteiger partial charge in [0.05, 0.1) is 0 Å². The molecular weight excluding hydrogens is 516 g/mol. The first-order valence-corrected chi connectivity index (χ1v) is 15.0. The number of rotatable bonds is 3. The van der Waals surface area contributed by atoms with Crippen LogP contribution >= 0.6 is 0 Å². The summed E-state index contributed by atoms with van der Waals surface area (Å²) in [6.07, 6.45) is 0. The van der Waals surface area contributed by atoms with Gasteiger partial charge in [-0.1, -0.05) is 152 Å². The highest BCUT2D eigenvalue weighted by molar-refractivity contribution is 6.26. The van der Waals surface area contributed by atoms with E-state index in [-0.39, 0.29) is 0 Å². The maximum absolute atomic E-state index is 2.38. The average molecular weight is 545 g/mol. The van der Waals surface area contributed by atoms with Crippen LogP contribution in [0.1, 0.15) is 5.56 Å². The van der Waals surface area contributed by atoms with Gasteiger partial charge in [-0.3, -0.25) is 0 Å². The van der Waals surface area contributed by atoms with E-state index in [2.05, 4.69) is 159 Å². The fourth-order valence-corrected chi connectivity index (χ4v) is 7.58. The zero-order chi connectivity index (χ0) is 28.5. The summed E-state index contributed by atoms with van der Waals surface area (Å²) in [7, 11) is 0. The fourth-order valence-electron chi connectivity index (χ4n) is 7.58. The zero-order valence-electron chi connectivity index (χ0n) is 23.9. The van der Waals surface area contributed by atoms with Crippen LogP contribution in [0.3, 0.4) is 0 Å². The van der Waals surface area contributed by atoms with E-state index in [0.717, 1.165) is 0 Å². The predicted octanol–water partition coefficient (Wildman–Crippen LogP) is 12.1. The summed E-state index contributed by atoms with van der Waals surface area (Å²) in [5.41, 5.74) is 14.5. The molecule has 8 aromatic rings. The molecule has 0 saturated carbocycles. The first-order chi connectivity index (χ1) is 21.3. The normalized spacial score (nSPS) is 11.8. The van der Waals surface area contributed by atoms with E-state index in [0.29, 0.717) is 0 Å². The molecule has 8 aromatic carbocycles. The molecule has 0 aromatic heterocycles. The van der Waals surface area contributed by atoms with Crippen molar-refractivity contribution < 1.29 is 0 Å². The quantitative estimate of drug-likeness (QED) is 0.207. The van der Waals surface area contributed by atoms with E-state index in [1.807, 2.05) is 0 Å². The molecule has 0 unspecified atom stereocenters. The molecule has 0 nitrogen and oxygen atoms in total. The summed E-state index contributed by atoms with van der Waals surface area (Å²) in [5, 5.41) is 7.89. The molecule has 0 amide bonds. The minimum atomic E-state index is 1.25. The Morgan fingerprint density at radius 3 is 1.49 bits per heavy atom. The zero-order valence-corrected chi connectivity index (χ0v) is 23.9. The van der Waals surface area contributed by atoms with Crippen LogP contribution in [0.15, 0.2) is 152 Å². The predicted molar refractivity (Wildman–Crippen MR) is 184 cm³/mol. The molecule has 0 N–H and O–H groups in total. The molecule has 1 aliphatic carbocycles. The largest absolute Gasteiger partial charge is 0.0622 e. The van der Waals surface area contributed by atoms with Crippen molar-refractivity contribution in [2.24, 2.45) is 0 Å². The molecule has 43 heavy (non-hydrogen) atoms. The van der Waals surface area contributed by atoms with Crippen molar-refractivity contribution >= 4 is 32.3 Å². The van der Waals surface area contributed by atoms with Gasteiger partial charge in [0, 0.05) is 0 Å². The van der Waals surface area contributed by atoms with Gasteiger partial charge in [-0.2, -0.15) is 0 Å². The lowest BCUT2D eigenvalue weighted by Gasteiger charge is -2.18. The van der Waals surface area contributed by atoms with Gasteiger partial charge in [0.1, 0.15) is 0 Å². The molecule has 0 saturated heterocycles. The van der Waals surface area contributed by atoms with Crippen LogP contribution in [0.2, 0.25) is 0 Å². The van der Waals surface area contributed by atoms with Crippen LogP contribution in [0, 0.1) is 6.92 Å². The Labute approximate surface area is 251 Å². The Morgan fingerprint density at radius 1 is 0.279 bits per heavy atom. The van der Waals surface area contributed by atoms with Gasteiger partial charge in [-0.25, -0.2) is 0 Å². The van der Waals surface area contributed by atoms with Crippen molar-refractivity contribution in [3.05, 3.63) is 157 Å². The first kappa shape index (κ1) is 24.2. The van der Waals surface area contributed by atoms with E-state index in [1.165, 1.54) is 93.5 Å². The third-order valence-electron chi connectivity index (χ3n) is 9.42. The van der Waals surface area contributed by atoms with Gasteiger partial charge in [0.2, 0.25) is 0 Å². The Kier molecular flexibility index (Phi) is 5.21. The third kappa shape index (κ3) is 3.44. The number of hydrogen-bond acceptors (Lipinski definition) is 0. The summed E-state index contributed by atoms with van der Waals surface area (Å²) in [4.78, 5) is 0. The number of aryl methyl sites for hydroxylation is 1. The van der Waals surface area contributed by atoms with Crippen LogP contribution in [0.4, 0.5) is 0 Å². The highest BCUT2D eigenvalue weighted by Crippen LogP contribution is 2.56. The Bertz CT molecular complexity index is 2380. The second-order valence-corrected chi connectivity index (χ2v) is 11.6. The molecule has 0 fully saturated rings. The number of hydrogen-bond donors (Lipinski definition) is 0. The van der Waals surface area contributed by atoms with Crippen LogP contribution in [0.25, 0.3) is 88.0 Å². The highest BCUT2D eigenvalue weighted by Gasteiger charge is 2.29. The van der Waals surface area contributed by atoms with Crippen LogP contribution in [0.5, 0.6) is 0 Å². The Balaban J connectivity index is 1.36. The Morgan fingerprint density at radius 2 is 0.767 bits per heavy atom. The van der Waals surface area contributed by atoms with Crippen molar-refractivity contribution in [1.29, 1.82) is 0 Å². The summed E-state index contributed by atoms with van der Waals surface area (Å²) in [6, 6.07) is 55.7. The van der Waals surface area contributed by atoms with Gasteiger partial charge in [-0.05, 0) is 100 Å². The highest BCUT2D eigenvalue weighted by atomic mass is 14.3. The van der Waals surface area contributed by atoms with Crippen molar-refractivity contribution in [1.82, 2.24) is 0 Å². The first-order valence-electron chi connectivity index (χ1n) is 15.0. The summed E-state index contributed by atoms with van der Waals surface area (Å²) in [5.74, 6) is 0. The molecule has 200 valence electrons. The van der Waals surface area contributed by atoms with E-state index in [4.69, 9.17) is 0 Å². The van der Waals surface area contributed by atoms with Crippen molar-refractivity contribution in [2.75, 3.05) is 0 Å². The average Bonchev–Trinajstić information content (AvgIpc) is 3.41. The van der Waals surface area contributed by atoms with Gasteiger partial charge in [-0.15, -0.1) is 0 Å². The van der Waals surface area contributed by atoms with E-state index in [1.54, 1.807) is 0 Å². The summed E-state index contributed by atoms with van der Waals surface area (Å²) < 4.78 is 0. The lowest BCUT2D eigenvalue weighted by atomic mass is 9.85. The van der Waals surface area contributed by atoms with Crippen LogP contribution in [-0.2, 0) is 0 Å². The lowest BCUT2D eigenvalue weighted by molar-refractivity contribution is 1.53. The monoisotopic (exact) mass is 544 g/mol. The minimum Gasteiger partial charge on any atom is -0.0622 e. The van der Waals surface area contributed by atoms with Gasteiger partial charge in [0.15, 0.2) is 0 Å². The maximum Gasteiger partial charge on any atom is -0.00110 e. The maximum atomic E-state index is 2.38. The standard InChI is InChI=1S/C43H28/c1-27-30-17-8-11-20-36(30)41(29-15-6-3-7-16-29)43-39-26-25-35(37-21-12-22-38(40(27)43)42(37)39)34-24-23-31(28-13-4-2-5-14-28)32-18-9-10-19-33(32)34/h2-26H,1H3. The molecule has 0 aliphatic heterocycles. The molecule has 0 heterocycles. The van der Waals surface area contributed by atoms with Gasteiger partial charge < -0.3 is 0 Å². The molecule has 9 rings (SSSR count). The second-order valence-electron chi connectivity index (χ2n) is 11.6. The molecule has 0 radical (unpaired) electrons. The Hall–Kier alpha value is -5.46. The van der Waals surface area contributed by atoms with Crippen molar-refractivity contribution in [3.63, 3.8) is 0 Å². The molecule has 0 bridgehead atoms. The minimum absolute atomic E-state index is 1.25. The van der Waals surface area contributed by atoms with E-state index < -0.39 is 0 Å². The van der Waals surface area contributed by atoms with Crippen molar-refractivity contribution in [3.8, 4) is 55.6 Å². The van der Waals surface area contributed by atoms with Gasteiger partial charge in [0.25, 0.3) is 0 Å². The summed E-state index contributed by atoms with van der Waals surface area (Å²) >= 11 is 0. The van der Waals surface area contributed by atoms with Crippen molar-refractivity contribution in [2.45, 2.75) is 6.92 Å².